The van der Waals surface area contributed by atoms with E-state index in [0.29, 0.717) is 0 Å². The Bertz CT molecular complexity index is 561. The van der Waals surface area contributed by atoms with Crippen LogP contribution in [-0.4, -0.2) is 0 Å². The molecule has 0 unspecified atom stereocenters. The van der Waals surface area contributed by atoms with Crippen molar-refractivity contribution in [3.63, 3.8) is 0 Å². The van der Waals surface area contributed by atoms with E-state index in [0.717, 1.165) is 48.0 Å². The first kappa shape index (κ1) is 17.5. The zero-order chi connectivity index (χ0) is 17.2. The fraction of sp³-hybridized carbons (Fsp3) is 0.739. The molecule has 2 heteroatoms. The minimum absolute atomic E-state index is 0.706. The fourth-order valence-electron chi connectivity index (χ4n) is 5.67. The van der Waals surface area contributed by atoms with Gasteiger partial charge in [-0.25, -0.2) is 8.78 Å². The summed E-state index contributed by atoms with van der Waals surface area (Å²) in [7, 11) is 0. The number of halogens is 2. The summed E-state index contributed by atoms with van der Waals surface area (Å²) in [6, 6.07) is 4.38. The largest absolute Gasteiger partial charge is 0.204 e. The summed E-state index contributed by atoms with van der Waals surface area (Å²) in [4.78, 5) is 0. The number of hydrogen-bond donors (Lipinski definition) is 0. The van der Waals surface area contributed by atoms with E-state index in [1.807, 2.05) is 0 Å². The van der Waals surface area contributed by atoms with E-state index in [9.17, 15) is 8.78 Å². The van der Waals surface area contributed by atoms with Crippen LogP contribution in [0.2, 0.25) is 0 Å². The molecule has 0 heterocycles. The van der Waals surface area contributed by atoms with Crippen molar-refractivity contribution in [2.24, 2.45) is 29.6 Å². The minimum Gasteiger partial charge on any atom is -0.204 e. The zero-order valence-corrected chi connectivity index (χ0v) is 15.4. The molecule has 3 saturated carbocycles. The van der Waals surface area contributed by atoms with Gasteiger partial charge in [-0.15, -0.1) is 0 Å². The van der Waals surface area contributed by atoms with Crippen molar-refractivity contribution in [2.45, 2.75) is 77.0 Å². The molecule has 0 spiro atoms. The molecule has 0 nitrogen and oxygen atoms in total. The van der Waals surface area contributed by atoms with Crippen LogP contribution in [-0.2, 0) is 6.42 Å². The highest BCUT2D eigenvalue weighted by Crippen LogP contribution is 2.48. The molecule has 1 aromatic rings. The van der Waals surface area contributed by atoms with Gasteiger partial charge < -0.3 is 0 Å². The van der Waals surface area contributed by atoms with Crippen molar-refractivity contribution in [3.8, 4) is 0 Å². The second kappa shape index (κ2) is 7.76. The van der Waals surface area contributed by atoms with Gasteiger partial charge >= 0.3 is 0 Å². The molecule has 0 saturated heterocycles. The number of aryl methyl sites for hydroxylation is 1. The summed E-state index contributed by atoms with van der Waals surface area (Å²) in [5.41, 5.74) is 0.944. The molecule has 25 heavy (non-hydrogen) atoms. The maximum atomic E-state index is 13.3. The van der Waals surface area contributed by atoms with E-state index in [1.165, 1.54) is 76.3 Å². The first-order valence-corrected chi connectivity index (χ1v) is 10.6. The van der Waals surface area contributed by atoms with Gasteiger partial charge in [0.05, 0.1) is 0 Å². The Morgan fingerprint density at radius 3 is 1.60 bits per heavy atom. The van der Waals surface area contributed by atoms with Crippen molar-refractivity contribution < 1.29 is 8.78 Å². The van der Waals surface area contributed by atoms with Crippen LogP contribution in [0.4, 0.5) is 8.78 Å². The predicted octanol–water partition coefficient (Wildman–Crippen LogP) is 6.92. The molecule has 0 bridgehead atoms. The fourth-order valence-corrected chi connectivity index (χ4v) is 5.67. The molecule has 1 aromatic carbocycles. The van der Waals surface area contributed by atoms with Gasteiger partial charge in [0.1, 0.15) is 0 Å². The smallest absolute Gasteiger partial charge is 0.159 e. The van der Waals surface area contributed by atoms with Crippen LogP contribution in [0.1, 0.15) is 76.2 Å². The van der Waals surface area contributed by atoms with Gasteiger partial charge in [-0.2, -0.15) is 0 Å². The Hall–Kier alpha value is -0.920. The molecule has 0 amide bonds. The highest BCUT2D eigenvalue weighted by molar-refractivity contribution is 5.17. The summed E-state index contributed by atoms with van der Waals surface area (Å²) in [6.07, 6.45) is 16.5. The van der Waals surface area contributed by atoms with Crippen LogP contribution >= 0.6 is 0 Å². The average molecular weight is 347 g/mol. The molecule has 3 aliphatic rings. The first-order valence-electron chi connectivity index (χ1n) is 10.6. The first-order chi connectivity index (χ1) is 12.2. The van der Waals surface area contributed by atoms with Crippen LogP contribution in [0.3, 0.4) is 0 Å². The molecule has 4 rings (SSSR count). The SMILES string of the molecule is Fc1ccc(CCC2CCC(C3CCC(C4CC4)CC3)CC2)cc1F. The van der Waals surface area contributed by atoms with Gasteiger partial charge in [0.25, 0.3) is 0 Å². The Kier molecular flexibility index (Phi) is 5.43. The highest BCUT2D eigenvalue weighted by Gasteiger charge is 2.36. The maximum absolute atomic E-state index is 13.3. The van der Waals surface area contributed by atoms with Gasteiger partial charge in [0.15, 0.2) is 11.6 Å². The van der Waals surface area contributed by atoms with Crippen molar-refractivity contribution in [1.82, 2.24) is 0 Å². The molecule has 3 fully saturated rings. The summed E-state index contributed by atoms with van der Waals surface area (Å²) in [5.74, 6) is 3.49. The van der Waals surface area contributed by atoms with Crippen molar-refractivity contribution in [3.05, 3.63) is 35.4 Å². The number of hydrogen-bond acceptors (Lipinski definition) is 0. The Morgan fingerprint density at radius 2 is 1.12 bits per heavy atom. The average Bonchev–Trinajstić information content (AvgIpc) is 3.49. The zero-order valence-electron chi connectivity index (χ0n) is 15.4. The summed E-state index contributed by atoms with van der Waals surface area (Å²) in [6.45, 7) is 0. The lowest BCUT2D eigenvalue weighted by atomic mass is 9.68. The normalized spacial score (nSPS) is 33.4. The lowest BCUT2D eigenvalue weighted by Crippen LogP contribution is -2.26. The Morgan fingerprint density at radius 1 is 0.640 bits per heavy atom. The van der Waals surface area contributed by atoms with Crippen molar-refractivity contribution >= 4 is 0 Å². The highest BCUT2D eigenvalue weighted by atomic mass is 19.2. The Balaban J connectivity index is 1.18. The second-order valence-electron chi connectivity index (χ2n) is 9.08. The van der Waals surface area contributed by atoms with Gasteiger partial charge in [0.2, 0.25) is 0 Å². The van der Waals surface area contributed by atoms with Crippen LogP contribution in [0, 0.1) is 41.2 Å². The van der Waals surface area contributed by atoms with Gasteiger partial charge in [0, 0.05) is 0 Å². The molecule has 138 valence electrons. The molecule has 0 atom stereocenters. The Labute approximate surface area is 151 Å². The van der Waals surface area contributed by atoms with E-state index < -0.39 is 11.6 Å². The third kappa shape index (κ3) is 4.44. The minimum atomic E-state index is -0.735. The molecule has 0 radical (unpaired) electrons. The molecule has 0 aromatic heterocycles. The topological polar surface area (TPSA) is 0 Å². The molecule has 0 N–H and O–H groups in total. The third-order valence-corrected chi connectivity index (χ3v) is 7.49. The molecular formula is C23H32F2. The van der Waals surface area contributed by atoms with E-state index >= 15 is 0 Å². The quantitative estimate of drug-likeness (QED) is 0.543. The van der Waals surface area contributed by atoms with Crippen LogP contribution in [0.25, 0.3) is 0 Å². The number of rotatable bonds is 5. The predicted molar refractivity (Wildman–Crippen MR) is 98.3 cm³/mol. The van der Waals surface area contributed by atoms with Crippen LogP contribution < -0.4 is 0 Å². The van der Waals surface area contributed by atoms with Crippen LogP contribution in [0.15, 0.2) is 18.2 Å². The van der Waals surface area contributed by atoms with E-state index in [4.69, 9.17) is 0 Å². The molecule has 3 aliphatic carbocycles. The summed E-state index contributed by atoms with van der Waals surface area (Å²) >= 11 is 0. The summed E-state index contributed by atoms with van der Waals surface area (Å²) < 4.78 is 26.3. The van der Waals surface area contributed by atoms with Crippen molar-refractivity contribution in [1.29, 1.82) is 0 Å². The lowest BCUT2D eigenvalue weighted by Gasteiger charge is -2.38. The van der Waals surface area contributed by atoms with Gasteiger partial charge in [-0.1, -0.05) is 18.9 Å². The third-order valence-electron chi connectivity index (χ3n) is 7.49. The van der Waals surface area contributed by atoms with E-state index in [-0.39, 0.29) is 0 Å². The van der Waals surface area contributed by atoms with E-state index in [2.05, 4.69) is 0 Å². The van der Waals surface area contributed by atoms with Gasteiger partial charge in [-0.3, -0.25) is 0 Å². The standard InChI is InChI=1S/C23H32F2/c24-22-14-5-17(15-23(22)25)2-1-16-3-6-18(7-4-16)19-8-10-20(11-9-19)21-12-13-21/h5,14-16,18-21H,1-4,6-13H2. The van der Waals surface area contributed by atoms with Crippen LogP contribution in [0.5, 0.6) is 0 Å². The number of benzene rings is 1. The molecule has 0 aliphatic heterocycles. The monoisotopic (exact) mass is 346 g/mol. The molecular weight excluding hydrogens is 314 g/mol. The second-order valence-corrected chi connectivity index (χ2v) is 9.08. The lowest BCUT2D eigenvalue weighted by molar-refractivity contribution is 0.138. The van der Waals surface area contributed by atoms with E-state index in [1.54, 1.807) is 6.07 Å². The van der Waals surface area contributed by atoms with Gasteiger partial charge in [-0.05, 0) is 111 Å². The summed E-state index contributed by atoms with van der Waals surface area (Å²) in [5, 5.41) is 0. The maximum Gasteiger partial charge on any atom is 0.159 e. The van der Waals surface area contributed by atoms with Crippen molar-refractivity contribution in [2.75, 3.05) is 0 Å².